The number of aliphatic hydroxyl groups excluding tert-OH is 1. The fourth-order valence-corrected chi connectivity index (χ4v) is 5.80. The zero-order chi connectivity index (χ0) is 34.5. The molecule has 1 amide bonds. The van der Waals surface area contributed by atoms with Gasteiger partial charge in [-0.05, 0) is 59.7 Å². The molecule has 0 bridgehead atoms. The molecule has 4 aromatic carbocycles. The van der Waals surface area contributed by atoms with Gasteiger partial charge >= 0.3 is 12.4 Å². The monoisotopic (exact) mass is 734 g/mol. The smallest absolute Gasteiger partial charge is 0.416 e. The van der Waals surface area contributed by atoms with Crippen molar-refractivity contribution in [3.05, 3.63) is 135 Å². The van der Waals surface area contributed by atoms with Gasteiger partial charge in [-0.1, -0.05) is 64.5 Å². The molecular weight excluding hydrogens is 706 g/mol. The van der Waals surface area contributed by atoms with E-state index in [1.54, 1.807) is 78.9 Å². The van der Waals surface area contributed by atoms with Gasteiger partial charge in [0.1, 0.15) is 5.75 Å². The Morgan fingerprint density at radius 2 is 1.50 bits per heavy atom. The molecule has 4 aromatic rings. The molecule has 252 valence electrons. The number of ether oxygens (including phenoxy) is 2. The third kappa shape index (κ3) is 8.01. The van der Waals surface area contributed by atoms with Crippen LogP contribution in [0.25, 0.3) is 0 Å². The Kier molecular flexibility index (Phi) is 10.5. The Morgan fingerprint density at radius 3 is 2.10 bits per heavy atom. The summed E-state index contributed by atoms with van der Waals surface area (Å²) >= 11 is 3.53. The van der Waals surface area contributed by atoms with Crippen molar-refractivity contribution < 1.29 is 45.7 Å². The van der Waals surface area contributed by atoms with Crippen LogP contribution in [0.2, 0.25) is 0 Å². The van der Waals surface area contributed by atoms with Crippen LogP contribution in [-0.2, 0) is 34.8 Å². The van der Waals surface area contributed by atoms with Crippen molar-refractivity contribution in [2.24, 2.45) is 4.99 Å². The second-order valence-corrected chi connectivity index (χ2v) is 11.9. The average molecular weight is 736 g/mol. The van der Waals surface area contributed by atoms with Crippen LogP contribution in [0.4, 0.5) is 26.3 Å². The first-order valence-corrected chi connectivity index (χ1v) is 15.5. The molecule has 0 spiro atoms. The van der Waals surface area contributed by atoms with Crippen LogP contribution in [0.5, 0.6) is 5.75 Å². The number of nitrogens with one attached hydrogen (secondary N) is 1. The highest BCUT2D eigenvalue weighted by Crippen LogP contribution is 2.45. The summed E-state index contributed by atoms with van der Waals surface area (Å²) in [5.74, 6) is -0.139. The molecule has 6 nitrogen and oxygen atoms in total. The zero-order valence-corrected chi connectivity index (χ0v) is 26.7. The average Bonchev–Trinajstić information content (AvgIpc) is 3.43. The summed E-state index contributed by atoms with van der Waals surface area (Å²) < 4.78 is 94.0. The van der Waals surface area contributed by atoms with Gasteiger partial charge in [-0.25, -0.2) is 4.99 Å². The van der Waals surface area contributed by atoms with Crippen molar-refractivity contribution in [3.63, 3.8) is 0 Å². The number of carbonyl (C=O) groups is 1. The lowest BCUT2D eigenvalue weighted by Gasteiger charge is -2.31. The molecule has 0 saturated carbocycles. The van der Waals surface area contributed by atoms with E-state index in [0.717, 1.165) is 0 Å². The summed E-state index contributed by atoms with van der Waals surface area (Å²) in [6.45, 7) is -0.369. The maximum Gasteiger partial charge on any atom is 0.416 e. The van der Waals surface area contributed by atoms with Gasteiger partial charge in [-0.15, -0.1) is 0 Å². The van der Waals surface area contributed by atoms with Gasteiger partial charge < -0.3 is 19.9 Å². The number of hydrogen-bond donors (Lipinski definition) is 2. The third-order valence-corrected chi connectivity index (χ3v) is 8.36. The molecule has 13 heteroatoms. The van der Waals surface area contributed by atoms with Crippen molar-refractivity contribution in [2.75, 3.05) is 13.2 Å². The second-order valence-electron chi connectivity index (χ2n) is 11.1. The molecule has 5 rings (SSSR count). The predicted octanol–water partition coefficient (Wildman–Crippen LogP) is 8.06. The number of halogens is 7. The van der Waals surface area contributed by atoms with Gasteiger partial charge in [0.2, 0.25) is 5.90 Å². The Hall–Kier alpha value is -4.36. The van der Waals surface area contributed by atoms with Crippen molar-refractivity contribution in [2.45, 2.75) is 43.4 Å². The largest absolute Gasteiger partial charge is 0.494 e. The summed E-state index contributed by atoms with van der Waals surface area (Å²) in [5.41, 5.74) is -3.38. The highest BCUT2D eigenvalue weighted by atomic mass is 79.9. The van der Waals surface area contributed by atoms with Crippen LogP contribution < -0.4 is 10.1 Å². The quantitative estimate of drug-likeness (QED) is 0.121. The highest BCUT2D eigenvalue weighted by Gasteiger charge is 2.53. The Bertz CT molecular complexity index is 1730. The van der Waals surface area contributed by atoms with E-state index < -0.39 is 53.1 Å². The van der Waals surface area contributed by atoms with Gasteiger partial charge in [0.15, 0.2) is 11.6 Å². The molecule has 2 N–H and O–H groups in total. The van der Waals surface area contributed by atoms with E-state index in [-0.39, 0.29) is 25.0 Å². The molecule has 0 radical (unpaired) electrons. The number of amides is 1. The molecule has 1 aliphatic heterocycles. The lowest BCUT2D eigenvalue weighted by atomic mass is 9.82. The number of carbonyl (C=O) groups excluding carboxylic acids is 1. The normalized spacial score (nSPS) is 17.8. The number of nitrogens with zero attached hydrogens (tertiary/aromatic N) is 1. The summed E-state index contributed by atoms with van der Waals surface area (Å²) in [6.07, 6.45) is -10.7. The van der Waals surface area contributed by atoms with E-state index in [1.807, 2.05) is 0 Å². The number of aliphatic imine (C=N–C) groups is 1. The first-order chi connectivity index (χ1) is 22.8. The number of rotatable bonds is 11. The molecule has 0 unspecified atom stereocenters. The molecule has 2 atom stereocenters. The standard InChI is InChI=1S/C35H29BrF6N2O4/c36-29-10-5-4-9-28(29)30-33(20-22-7-2-1-3-8-22,44-31(48-30)24-11-13-27(14-12-24)47-16-6-15-45)32(46)43-21-23-17-25(34(37,38)39)19-26(18-23)35(40,41)42/h1-5,7-14,17-19,30,45H,6,15-16,20-21H2,(H,43,46)/t30-,33-/m1/s1. The Balaban J connectivity index is 1.57. The van der Waals surface area contributed by atoms with E-state index in [4.69, 9.17) is 19.6 Å². The minimum absolute atomic E-state index is 0.0199. The molecule has 0 aliphatic carbocycles. The van der Waals surface area contributed by atoms with Gasteiger partial charge in [0, 0.05) is 41.6 Å². The molecule has 0 aromatic heterocycles. The fourth-order valence-electron chi connectivity index (χ4n) is 5.31. The summed E-state index contributed by atoms with van der Waals surface area (Å²) in [7, 11) is 0. The Labute approximate surface area is 280 Å². The number of aliphatic hydroxyl groups is 1. The minimum atomic E-state index is -5.04. The van der Waals surface area contributed by atoms with Crippen LogP contribution in [0.1, 0.15) is 45.9 Å². The molecular formula is C35H29BrF6N2O4. The summed E-state index contributed by atoms with van der Waals surface area (Å²) in [6, 6.07) is 23.8. The highest BCUT2D eigenvalue weighted by molar-refractivity contribution is 9.10. The first kappa shape index (κ1) is 35.0. The molecule has 1 heterocycles. The van der Waals surface area contributed by atoms with E-state index in [9.17, 15) is 31.1 Å². The third-order valence-electron chi connectivity index (χ3n) is 7.63. The van der Waals surface area contributed by atoms with E-state index in [2.05, 4.69) is 21.2 Å². The van der Waals surface area contributed by atoms with E-state index >= 15 is 0 Å². The maximum absolute atomic E-state index is 14.4. The lowest BCUT2D eigenvalue weighted by molar-refractivity contribution is -0.143. The summed E-state index contributed by atoms with van der Waals surface area (Å²) in [5, 5.41) is 11.6. The van der Waals surface area contributed by atoms with Crippen LogP contribution >= 0.6 is 15.9 Å². The molecule has 0 fully saturated rings. The van der Waals surface area contributed by atoms with Crippen molar-refractivity contribution in [1.29, 1.82) is 0 Å². The van der Waals surface area contributed by atoms with E-state index in [1.165, 1.54) is 0 Å². The van der Waals surface area contributed by atoms with Crippen molar-refractivity contribution >= 4 is 27.7 Å². The van der Waals surface area contributed by atoms with Crippen molar-refractivity contribution in [1.82, 2.24) is 5.32 Å². The van der Waals surface area contributed by atoms with Gasteiger partial charge in [-0.3, -0.25) is 4.79 Å². The Morgan fingerprint density at radius 1 is 0.875 bits per heavy atom. The molecule has 1 aliphatic rings. The van der Waals surface area contributed by atoms with Crippen LogP contribution in [0.15, 0.2) is 107 Å². The van der Waals surface area contributed by atoms with Gasteiger partial charge in [0.05, 0.1) is 17.7 Å². The summed E-state index contributed by atoms with van der Waals surface area (Å²) in [4.78, 5) is 19.2. The zero-order valence-electron chi connectivity index (χ0n) is 25.1. The van der Waals surface area contributed by atoms with Crippen LogP contribution in [0, 0.1) is 0 Å². The topological polar surface area (TPSA) is 80.2 Å². The number of hydrogen-bond acceptors (Lipinski definition) is 5. The maximum atomic E-state index is 14.4. The van der Waals surface area contributed by atoms with Gasteiger partial charge in [-0.2, -0.15) is 26.3 Å². The fraction of sp³-hybridized carbons (Fsp3) is 0.257. The number of alkyl halides is 6. The first-order valence-electron chi connectivity index (χ1n) is 14.8. The molecule has 48 heavy (non-hydrogen) atoms. The second kappa shape index (κ2) is 14.4. The van der Waals surface area contributed by atoms with Crippen LogP contribution in [0.3, 0.4) is 0 Å². The molecule has 0 saturated heterocycles. The van der Waals surface area contributed by atoms with Crippen molar-refractivity contribution in [3.8, 4) is 5.75 Å². The van der Waals surface area contributed by atoms with Crippen LogP contribution in [-0.4, -0.2) is 35.7 Å². The lowest BCUT2D eigenvalue weighted by Crippen LogP contribution is -2.49. The SMILES string of the molecule is O=C(NCc1cc(C(F)(F)F)cc(C(F)(F)F)c1)[C@]1(Cc2ccccc2)N=C(c2ccc(OCCCO)cc2)O[C@@H]1c1ccccc1Br. The van der Waals surface area contributed by atoms with Gasteiger partial charge in [0.25, 0.3) is 5.91 Å². The minimum Gasteiger partial charge on any atom is -0.494 e. The number of benzene rings is 4. The van der Waals surface area contributed by atoms with E-state index in [0.29, 0.717) is 52.1 Å². The predicted molar refractivity (Wildman–Crippen MR) is 169 cm³/mol.